The van der Waals surface area contributed by atoms with Crippen molar-refractivity contribution in [3.8, 4) is 22.3 Å². The van der Waals surface area contributed by atoms with E-state index in [0.717, 1.165) is 22.3 Å². The van der Waals surface area contributed by atoms with Crippen LogP contribution in [0.1, 0.15) is 104 Å². The summed E-state index contributed by atoms with van der Waals surface area (Å²) in [4.78, 5) is 14.9. The number of allylic oxidation sites excluding steroid dienone is 2. The average Bonchev–Trinajstić information content (AvgIpc) is 3.41. The van der Waals surface area contributed by atoms with Crippen LogP contribution in [-0.4, -0.2) is 17.0 Å². The molecular formula is C42H44O2. The maximum absolute atomic E-state index is 14.9. The highest BCUT2D eigenvalue weighted by Gasteiger charge is 2.79. The third-order valence-corrected chi connectivity index (χ3v) is 11.0. The van der Waals surface area contributed by atoms with Crippen LogP contribution < -0.4 is 0 Å². The minimum Gasteiger partial charge on any atom is -0.348 e. The summed E-state index contributed by atoms with van der Waals surface area (Å²) in [6, 6.07) is 18.2. The molecule has 1 spiro atoms. The van der Waals surface area contributed by atoms with Crippen LogP contribution in [0, 0.1) is 27.7 Å². The van der Waals surface area contributed by atoms with Gasteiger partial charge in [-0.15, -0.1) is 0 Å². The lowest BCUT2D eigenvalue weighted by Gasteiger charge is -2.21. The Morgan fingerprint density at radius 3 is 1.89 bits per heavy atom. The van der Waals surface area contributed by atoms with Gasteiger partial charge in [0.25, 0.3) is 0 Å². The van der Waals surface area contributed by atoms with Gasteiger partial charge in [0.2, 0.25) is 5.78 Å². The first kappa shape index (κ1) is 29.0. The maximum atomic E-state index is 14.9. The van der Waals surface area contributed by atoms with Gasteiger partial charge in [0.05, 0.1) is 0 Å². The van der Waals surface area contributed by atoms with Crippen LogP contribution in [0.2, 0.25) is 0 Å². The van der Waals surface area contributed by atoms with E-state index in [2.05, 4.69) is 136 Å². The molecule has 44 heavy (non-hydrogen) atoms. The lowest BCUT2D eigenvalue weighted by molar-refractivity contribution is -0.116. The van der Waals surface area contributed by atoms with E-state index in [0.29, 0.717) is 11.8 Å². The van der Waals surface area contributed by atoms with Crippen LogP contribution in [0.25, 0.3) is 27.8 Å². The Morgan fingerprint density at radius 1 is 0.705 bits per heavy atom. The predicted molar refractivity (Wildman–Crippen MR) is 183 cm³/mol. The van der Waals surface area contributed by atoms with Crippen molar-refractivity contribution in [2.24, 2.45) is 0 Å². The summed E-state index contributed by atoms with van der Waals surface area (Å²) in [5.41, 5.74) is 16.1. The van der Waals surface area contributed by atoms with Crippen LogP contribution in [0.5, 0.6) is 0 Å². The van der Waals surface area contributed by atoms with E-state index >= 15 is 0 Å². The summed E-state index contributed by atoms with van der Waals surface area (Å²) >= 11 is 0. The summed E-state index contributed by atoms with van der Waals surface area (Å²) < 4.78 is 6.85. The summed E-state index contributed by atoms with van der Waals surface area (Å²) in [5.74, 6) is 0.923. The van der Waals surface area contributed by atoms with Gasteiger partial charge in [-0.2, -0.15) is 0 Å². The van der Waals surface area contributed by atoms with E-state index in [1.165, 1.54) is 61.2 Å². The number of carbonyl (C=O) groups is 1. The number of hydrogen-bond acceptors (Lipinski definition) is 2. The van der Waals surface area contributed by atoms with Crippen LogP contribution >= 0.6 is 0 Å². The number of aryl methyl sites for hydroxylation is 4. The Bertz CT molecular complexity index is 1930. The average molecular weight is 581 g/mol. The van der Waals surface area contributed by atoms with Gasteiger partial charge in [0.15, 0.2) is 5.60 Å². The summed E-state index contributed by atoms with van der Waals surface area (Å²) in [6.45, 7) is 22.0. The molecule has 0 N–H and O–H groups in total. The molecule has 2 nitrogen and oxygen atoms in total. The van der Waals surface area contributed by atoms with Gasteiger partial charge in [0.1, 0.15) is 5.60 Å². The quantitative estimate of drug-likeness (QED) is 0.225. The van der Waals surface area contributed by atoms with Gasteiger partial charge in [0, 0.05) is 11.5 Å². The van der Waals surface area contributed by atoms with Gasteiger partial charge >= 0.3 is 0 Å². The van der Waals surface area contributed by atoms with Crippen molar-refractivity contribution < 1.29 is 9.53 Å². The SMILES string of the molecule is CC1=C(c2cc(C)c3cc(C(C)C)ccc(C)c2-3)C(=O)[C@]23O[C@]2(C)[C@H](c2cc(C)c4cc(C(C)C)ccc(C)c2-4)C=CC=C13. The van der Waals surface area contributed by atoms with E-state index in [1.54, 1.807) is 0 Å². The molecule has 0 aromatic carbocycles. The molecule has 3 atom stereocenters. The van der Waals surface area contributed by atoms with Crippen LogP contribution in [0.4, 0.5) is 0 Å². The summed E-state index contributed by atoms with van der Waals surface area (Å²) in [7, 11) is 0. The number of ketones is 1. The maximum Gasteiger partial charge on any atom is 0.203 e. The number of ether oxygens (including phenoxy) is 1. The highest BCUT2D eigenvalue weighted by Crippen LogP contribution is 2.68. The topological polar surface area (TPSA) is 29.6 Å². The minimum absolute atomic E-state index is 0.0570. The zero-order valence-corrected chi connectivity index (χ0v) is 27.9. The molecule has 6 aliphatic carbocycles. The Hall–Kier alpha value is -3.75. The smallest absolute Gasteiger partial charge is 0.203 e. The van der Waals surface area contributed by atoms with Crippen molar-refractivity contribution in [1.29, 1.82) is 0 Å². The molecule has 0 amide bonds. The zero-order valence-electron chi connectivity index (χ0n) is 27.9. The molecule has 0 unspecified atom stereocenters. The van der Waals surface area contributed by atoms with Crippen LogP contribution in [-0.2, 0) is 9.53 Å². The van der Waals surface area contributed by atoms with E-state index in [4.69, 9.17) is 4.74 Å². The summed E-state index contributed by atoms with van der Waals surface area (Å²) in [5, 5.41) is 0. The molecule has 0 bridgehead atoms. The molecule has 1 heterocycles. The van der Waals surface area contributed by atoms with Crippen molar-refractivity contribution in [2.75, 3.05) is 0 Å². The Kier molecular flexibility index (Phi) is 6.34. The number of Topliss-reactive ketones (excluding diaryl/α,β-unsaturated/α-hetero) is 1. The molecule has 0 saturated carbocycles. The molecule has 224 valence electrons. The number of hydrogen-bond donors (Lipinski definition) is 0. The van der Waals surface area contributed by atoms with Gasteiger partial charge in [-0.1, -0.05) is 94.5 Å². The molecule has 1 fully saturated rings. The Balaban J connectivity index is 1.36. The second kappa shape index (κ2) is 9.62. The highest BCUT2D eigenvalue weighted by atomic mass is 16.6. The number of rotatable bonds is 4. The van der Waals surface area contributed by atoms with Gasteiger partial charge in [-0.05, 0) is 131 Å². The highest BCUT2D eigenvalue weighted by molar-refractivity contribution is 6.34. The van der Waals surface area contributed by atoms with Crippen molar-refractivity contribution in [3.05, 3.63) is 122 Å². The molecule has 0 aromatic heterocycles. The monoisotopic (exact) mass is 580 g/mol. The number of epoxide rings is 1. The molecule has 2 heteroatoms. The first-order valence-corrected chi connectivity index (χ1v) is 16.2. The number of carbonyl (C=O) groups excluding carboxylic acids is 1. The fourth-order valence-electron chi connectivity index (χ4n) is 8.33. The lowest BCUT2D eigenvalue weighted by Crippen LogP contribution is -2.34. The molecular weight excluding hydrogens is 536 g/mol. The summed E-state index contributed by atoms with van der Waals surface area (Å²) in [6.07, 6.45) is 6.58. The molecule has 1 aliphatic heterocycles. The first-order chi connectivity index (χ1) is 20.8. The third-order valence-electron chi connectivity index (χ3n) is 11.0. The fourth-order valence-corrected chi connectivity index (χ4v) is 8.33. The second-order valence-corrected chi connectivity index (χ2v) is 14.4. The van der Waals surface area contributed by atoms with E-state index in [1.807, 2.05) is 0 Å². The standard InChI is InChI=1S/C42H44O2/c1-22(2)29-16-14-24(5)37-31(20-29)26(7)18-33(37)36-13-11-12-35-28(9)39(40(43)42(35)41(36,10)44-42)34-19-27(8)32-21-30(23(3)4)17-15-25(6)38(32)34/h11-23,36H,1-10H3/t36-,41+,42-/m0/s1. The zero-order chi connectivity index (χ0) is 31.5. The normalized spacial score (nSPS) is 24.4. The lowest BCUT2D eigenvalue weighted by atomic mass is 9.75. The first-order valence-electron chi connectivity index (χ1n) is 16.2. The second-order valence-electron chi connectivity index (χ2n) is 14.4. The van der Waals surface area contributed by atoms with E-state index in [9.17, 15) is 4.79 Å². The van der Waals surface area contributed by atoms with Crippen molar-refractivity contribution in [3.63, 3.8) is 0 Å². The van der Waals surface area contributed by atoms with Gasteiger partial charge < -0.3 is 4.74 Å². The molecule has 7 aliphatic rings. The Morgan fingerprint density at radius 2 is 1.27 bits per heavy atom. The van der Waals surface area contributed by atoms with Gasteiger partial charge in [-0.3, -0.25) is 4.79 Å². The minimum atomic E-state index is -0.975. The molecule has 0 radical (unpaired) electrons. The van der Waals surface area contributed by atoms with Crippen LogP contribution in [0.15, 0.2) is 77.9 Å². The van der Waals surface area contributed by atoms with Crippen molar-refractivity contribution in [1.82, 2.24) is 0 Å². The van der Waals surface area contributed by atoms with Crippen LogP contribution in [0.3, 0.4) is 0 Å². The molecule has 7 rings (SSSR count). The largest absolute Gasteiger partial charge is 0.348 e. The Labute approximate surface area is 263 Å². The fraction of sp³-hybridized carbons (Fsp3) is 0.357. The number of fused-ring (bicyclic) bond motifs is 2. The van der Waals surface area contributed by atoms with E-state index < -0.39 is 11.2 Å². The molecule has 1 saturated heterocycles. The van der Waals surface area contributed by atoms with E-state index in [-0.39, 0.29) is 11.7 Å². The molecule has 0 aromatic rings. The van der Waals surface area contributed by atoms with Crippen molar-refractivity contribution >= 4 is 11.4 Å². The predicted octanol–water partition coefficient (Wildman–Crippen LogP) is 10.5. The van der Waals surface area contributed by atoms with Gasteiger partial charge in [-0.25, -0.2) is 0 Å². The third kappa shape index (κ3) is 3.73. The van der Waals surface area contributed by atoms with Crippen molar-refractivity contribution in [2.45, 2.75) is 98.2 Å².